The maximum atomic E-state index is 12.2. The van der Waals surface area contributed by atoms with Gasteiger partial charge in [0.05, 0.1) is 12.6 Å². The molecule has 1 aromatic carbocycles. The number of ether oxygens (including phenoxy) is 1. The summed E-state index contributed by atoms with van der Waals surface area (Å²) in [6.45, 7) is 1.72. The van der Waals surface area contributed by atoms with Gasteiger partial charge in [-0.1, -0.05) is 18.2 Å². The minimum atomic E-state index is -4.71. The van der Waals surface area contributed by atoms with Crippen LogP contribution in [0.15, 0.2) is 34.9 Å². The fraction of sp³-hybridized carbons (Fsp3) is 0.250. The molecule has 2 aromatic rings. The summed E-state index contributed by atoms with van der Waals surface area (Å²) in [4.78, 5) is 3.95. The molecule has 0 N–H and O–H groups in total. The van der Waals surface area contributed by atoms with Gasteiger partial charge in [0.1, 0.15) is 11.5 Å². The topological polar surface area (TPSA) is 35.3 Å². The van der Waals surface area contributed by atoms with Gasteiger partial charge in [0.2, 0.25) is 0 Å². The van der Waals surface area contributed by atoms with Gasteiger partial charge in [-0.25, -0.2) is 4.98 Å². The van der Waals surface area contributed by atoms with Crippen LogP contribution >= 0.6 is 0 Å². The van der Waals surface area contributed by atoms with Crippen LogP contribution in [0.2, 0.25) is 0 Å². The molecular weight excluding hydrogens is 247 g/mol. The Morgan fingerprint density at radius 3 is 2.61 bits per heavy atom. The standard InChI is InChI=1S/C12H10F3NO2/c1-8-7-16-11(17-8)6-9-4-2-3-5-10(9)18-12(13,14)15/h2-5,7H,6H2,1H3. The van der Waals surface area contributed by atoms with Crippen LogP contribution < -0.4 is 4.74 Å². The zero-order chi connectivity index (χ0) is 13.2. The quantitative estimate of drug-likeness (QED) is 0.844. The number of alkyl halides is 3. The van der Waals surface area contributed by atoms with Gasteiger partial charge in [0, 0.05) is 5.56 Å². The maximum absolute atomic E-state index is 12.2. The van der Waals surface area contributed by atoms with Crippen molar-refractivity contribution in [2.75, 3.05) is 0 Å². The number of oxazole rings is 1. The Kier molecular flexibility index (Phi) is 3.27. The van der Waals surface area contributed by atoms with Crippen molar-refractivity contribution in [3.8, 4) is 5.75 Å². The van der Waals surface area contributed by atoms with Crippen molar-refractivity contribution < 1.29 is 22.3 Å². The van der Waals surface area contributed by atoms with E-state index in [4.69, 9.17) is 4.42 Å². The predicted molar refractivity (Wildman–Crippen MR) is 57.2 cm³/mol. The van der Waals surface area contributed by atoms with Crippen LogP contribution in [-0.4, -0.2) is 11.3 Å². The monoisotopic (exact) mass is 257 g/mol. The van der Waals surface area contributed by atoms with Crippen molar-refractivity contribution in [3.63, 3.8) is 0 Å². The molecule has 0 spiro atoms. The summed E-state index contributed by atoms with van der Waals surface area (Å²) in [6, 6.07) is 5.92. The van der Waals surface area contributed by atoms with Crippen LogP contribution in [0.4, 0.5) is 13.2 Å². The van der Waals surface area contributed by atoms with Gasteiger partial charge in [0.25, 0.3) is 0 Å². The van der Waals surface area contributed by atoms with E-state index in [1.807, 2.05) is 0 Å². The minimum Gasteiger partial charge on any atom is -0.446 e. The summed E-state index contributed by atoms with van der Waals surface area (Å²) in [5, 5.41) is 0. The Hall–Kier alpha value is -1.98. The Morgan fingerprint density at radius 1 is 1.28 bits per heavy atom. The lowest BCUT2D eigenvalue weighted by molar-refractivity contribution is -0.274. The summed E-state index contributed by atoms with van der Waals surface area (Å²) in [5.74, 6) is 0.728. The number of nitrogens with zero attached hydrogens (tertiary/aromatic N) is 1. The number of hydrogen-bond acceptors (Lipinski definition) is 3. The van der Waals surface area contributed by atoms with E-state index < -0.39 is 6.36 Å². The Morgan fingerprint density at radius 2 is 2.00 bits per heavy atom. The van der Waals surface area contributed by atoms with Crippen LogP contribution in [0, 0.1) is 6.92 Å². The second kappa shape index (κ2) is 4.72. The summed E-state index contributed by atoms with van der Waals surface area (Å²) >= 11 is 0. The molecule has 2 rings (SSSR count). The van der Waals surface area contributed by atoms with Crippen LogP contribution in [0.25, 0.3) is 0 Å². The van der Waals surface area contributed by atoms with Gasteiger partial charge in [0.15, 0.2) is 5.89 Å². The third-order valence-corrected chi connectivity index (χ3v) is 2.21. The zero-order valence-electron chi connectivity index (χ0n) is 9.49. The zero-order valence-corrected chi connectivity index (χ0v) is 9.49. The molecule has 0 aliphatic heterocycles. The lowest BCUT2D eigenvalue weighted by Crippen LogP contribution is -2.18. The third kappa shape index (κ3) is 3.26. The van der Waals surface area contributed by atoms with E-state index in [9.17, 15) is 13.2 Å². The number of halogens is 3. The molecule has 0 aliphatic rings. The van der Waals surface area contributed by atoms with Crippen molar-refractivity contribution in [1.82, 2.24) is 4.98 Å². The second-order valence-electron chi connectivity index (χ2n) is 3.70. The predicted octanol–water partition coefficient (Wildman–Crippen LogP) is 3.47. The van der Waals surface area contributed by atoms with E-state index in [0.29, 0.717) is 17.2 Å². The number of aryl methyl sites for hydroxylation is 1. The average molecular weight is 257 g/mol. The molecule has 96 valence electrons. The fourth-order valence-corrected chi connectivity index (χ4v) is 1.52. The highest BCUT2D eigenvalue weighted by Crippen LogP contribution is 2.27. The molecule has 3 nitrogen and oxygen atoms in total. The SMILES string of the molecule is Cc1cnc(Cc2ccccc2OC(F)(F)F)o1. The van der Waals surface area contributed by atoms with Crippen LogP contribution in [0.1, 0.15) is 17.2 Å². The van der Waals surface area contributed by atoms with Gasteiger partial charge in [-0.3, -0.25) is 0 Å². The highest BCUT2D eigenvalue weighted by atomic mass is 19.4. The summed E-state index contributed by atoms with van der Waals surface area (Å²) < 4.78 is 45.8. The maximum Gasteiger partial charge on any atom is 0.573 e. The molecule has 0 saturated carbocycles. The molecule has 1 heterocycles. The smallest absolute Gasteiger partial charge is 0.446 e. The number of aromatic nitrogens is 1. The Bertz CT molecular complexity index is 534. The van der Waals surface area contributed by atoms with E-state index in [1.54, 1.807) is 19.1 Å². The lowest BCUT2D eigenvalue weighted by atomic mass is 10.1. The van der Waals surface area contributed by atoms with Gasteiger partial charge >= 0.3 is 6.36 Å². The first-order valence-electron chi connectivity index (χ1n) is 5.19. The molecule has 0 saturated heterocycles. The molecule has 0 radical (unpaired) electrons. The normalized spacial score (nSPS) is 11.6. The van der Waals surface area contributed by atoms with Gasteiger partial charge in [-0.05, 0) is 13.0 Å². The van der Waals surface area contributed by atoms with Gasteiger partial charge in [-0.2, -0.15) is 0 Å². The van der Waals surface area contributed by atoms with Crippen molar-refractivity contribution >= 4 is 0 Å². The molecule has 18 heavy (non-hydrogen) atoms. The van der Waals surface area contributed by atoms with Gasteiger partial charge in [-0.15, -0.1) is 13.2 Å². The molecule has 0 bridgehead atoms. The van der Waals surface area contributed by atoms with Crippen molar-refractivity contribution in [2.45, 2.75) is 19.7 Å². The number of para-hydroxylation sites is 1. The van der Waals surface area contributed by atoms with Crippen molar-refractivity contribution in [1.29, 1.82) is 0 Å². The minimum absolute atomic E-state index is 0.153. The second-order valence-corrected chi connectivity index (χ2v) is 3.70. The first-order chi connectivity index (χ1) is 8.44. The largest absolute Gasteiger partial charge is 0.573 e. The van der Waals surface area contributed by atoms with Gasteiger partial charge < -0.3 is 9.15 Å². The first kappa shape index (κ1) is 12.5. The first-order valence-corrected chi connectivity index (χ1v) is 5.19. The van der Waals surface area contributed by atoms with E-state index in [1.165, 1.54) is 18.3 Å². The van der Waals surface area contributed by atoms with Crippen LogP contribution in [0.5, 0.6) is 5.75 Å². The third-order valence-electron chi connectivity index (χ3n) is 2.21. The molecule has 0 amide bonds. The van der Waals surface area contributed by atoms with Crippen LogP contribution in [-0.2, 0) is 6.42 Å². The number of rotatable bonds is 3. The van der Waals surface area contributed by atoms with Crippen molar-refractivity contribution in [2.24, 2.45) is 0 Å². The summed E-state index contributed by atoms with van der Waals surface area (Å²) in [5.41, 5.74) is 0.372. The van der Waals surface area contributed by atoms with E-state index in [2.05, 4.69) is 9.72 Å². The van der Waals surface area contributed by atoms with Crippen LogP contribution in [0.3, 0.4) is 0 Å². The summed E-state index contributed by atoms with van der Waals surface area (Å²) in [7, 11) is 0. The average Bonchev–Trinajstić information content (AvgIpc) is 2.65. The molecule has 0 aliphatic carbocycles. The molecule has 0 fully saturated rings. The Labute approximate surface area is 101 Å². The molecule has 6 heteroatoms. The highest BCUT2D eigenvalue weighted by Gasteiger charge is 2.32. The molecule has 1 aromatic heterocycles. The molecule has 0 unspecified atom stereocenters. The number of hydrogen-bond donors (Lipinski definition) is 0. The Balaban J connectivity index is 2.22. The highest BCUT2D eigenvalue weighted by molar-refractivity contribution is 5.35. The van der Waals surface area contributed by atoms with E-state index in [-0.39, 0.29) is 12.2 Å². The lowest BCUT2D eigenvalue weighted by Gasteiger charge is -2.12. The van der Waals surface area contributed by atoms with E-state index >= 15 is 0 Å². The number of benzene rings is 1. The van der Waals surface area contributed by atoms with E-state index in [0.717, 1.165) is 0 Å². The molecular formula is C12H10F3NO2. The molecule has 0 atom stereocenters. The fourth-order valence-electron chi connectivity index (χ4n) is 1.52. The van der Waals surface area contributed by atoms with Crippen molar-refractivity contribution in [3.05, 3.63) is 47.7 Å². The summed E-state index contributed by atoms with van der Waals surface area (Å²) in [6.07, 6.45) is -3.04.